The number of likely N-dealkylation sites (tertiary alicyclic amines) is 1. The van der Waals surface area contributed by atoms with Gasteiger partial charge in [0, 0.05) is 28.2 Å². The number of nitrogens with two attached hydrogens (primary N) is 1. The van der Waals surface area contributed by atoms with Gasteiger partial charge in [-0.3, -0.25) is 4.90 Å². The molecule has 0 radical (unpaired) electrons. The maximum atomic E-state index is 6.32. The van der Waals surface area contributed by atoms with Gasteiger partial charge in [-0.25, -0.2) is 0 Å². The molecule has 0 saturated carbocycles. The van der Waals surface area contributed by atoms with Crippen LogP contribution in [0.3, 0.4) is 0 Å². The van der Waals surface area contributed by atoms with Crippen LogP contribution in [0.15, 0.2) is 18.2 Å². The van der Waals surface area contributed by atoms with E-state index in [1.165, 1.54) is 19.3 Å². The monoisotopic (exact) mass is 300 g/mol. The first-order chi connectivity index (χ1) is 9.00. The zero-order valence-corrected chi connectivity index (χ0v) is 13.1. The van der Waals surface area contributed by atoms with E-state index in [9.17, 15) is 0 Å². The fourth-order valence-corrected chi connectivity index (χ4v) is 3.49. The van der Waals surface area contributed by atoms with Gasteiger partial charge in [0.15, 0.2) is 0 Å². The standard InChI is InChI=1S/C15H22Cl2N2/c1-10(18)15-5-3-4-8-19(15)11(2)13-9-12(16)6-7-14(13)17/h6-7,9-11,15H,3-5,8,18H2,1-2H3. The topological polar surface area (TPSA) is 29.3 Å². The van der Waals surface area contributed by atoms with Gasteiger partial charge in [-0.15, -0.1) is 0 Å². The smallest absolute Gasteiger partial charge is 0.0454 e. The second-order valence-electron chi connectivity index (χ2n) is 5.50. The number of rotatable bonds is 3. The molecule has 1 heterocycles. The molecule has 0 bridgehead atoms. The Morgan fingerprint density at radius 2 is 2.00 bits per heavy atom. The number of halogens is 2. The van der Waals surface area contributed by atoms with E-state index >= 15 is 0 Å². The summed E-state index contributed by atoms with van der Waals surface area (Å²) < 4.78 is 0. The van der Waals surface area contributed by atoms with E-state index in [0.29, 0.717) is 6.04 Å². The molecular weight excluding hydrogens is 279 g/mol. The zero-order valence-electron chi connectivity index (χ0n) is 11.6. The lowest BCUT2D eigenvalue weighted by Crippen LogP contribution is -2.49. The lowest BCUT2D eigenvalue weighted by Gasteiger charge is -2.42. The minimum atomic E-state index is 0.181. The molecule has 1 aromatic carbocycles. The minimum Gasteiger partial charge on any atom is -0.327 e. The van der Waals surface area contributed by atoms with Crippen molar-refractivity contribution in [1.29, 1.82) is 0 Å². The van der Waals surface area contributed by atoms with Crippen LogP contribution < -0.4 is 5.73 Å². The summed E-state index contributed by atoms with van der Waals surface area (Å²) in [6.45, 7) is 5.36. The summed E-state index contributed by atoms with van der Waals surface area (Å²) in [4.78, 5) is 2.48. The third-order valence-electron chi connectivity index (χ3n) is 4.10. The molecule has 0 amide bonds. The molecule has 0 spiro atoms. The molecule has 1 aliphatic heterocycles. The van der Waals surface area contributed by atoms with Crippen molar-refractivity contribution >= 4 is 23.2 Å². The van der Waals surface area contributed by atoms with Crippen LogP contribution in [0.1, 0.15) is 44.7 Å². The van der Waals surface area contributed by atoms with E-state index in [2.05, 4.69) is 18.7 Å². The van der Waals surface area contributed by atoms with Gasteiger partial charge in [-0.1, -0.05) is 29.6 Å². The highest BCUT2D eigenvalue weighted by atomic mass is 35.5. The van der Waals surface area contributed by atoms with Crippen molar-refractivity contribution in [3.63, 3.8) is 0 Å². The zero-order chi connectivity index (χ0) is 14.0. The number of piperidine rings is 1. The predicted octanol–water partition coefficient (Wildman–Crippen LogP) is 4.26. The third kappa shape index (κ3) is 3.43. The van der Waals surface area contributed by atoms with Crippen LogP contribution in [0.5, 0.6) is 0 Å². The molecule has 2 N–H and O–H groups in total. The molecule has 1 saturated heterocycles. The number of hydrogen-bond donors (Lipinski definition) is 1. The Kier molecular flexibility index (Phi) is 5.13. The fraction of sp³-hybridized carbons (Fsp3) is 0.600. The van der Waals surface area contributed by atoms with Crippen molar-refractivity contribution in [1.82, 2.24) is 4.90 Å². The minimum absolute atomic E-state index is 0.181. The van der Waals surface area contributed by atoms with Crippen LogP contribution in [-0.2, 0) is 0 Å². The first-order valence-electron chi connectivity index (χ1n) is 6.97. The molecule has 1 aliphatic rings. The van der Waals surface area contributed by atoms with Gasteiger partial charge in [0.25, 0.3) is 0 Å². The van der Waals surface area contributed by atoms with E-state index in [4.69, 9.17) is 28.9 Å². The van der Waals surface area contributed by atoms with E-state index in [1.807, 2.05) is 18.2 Å². The quantitative estimate of drug-likeness (QED) is 0.904. The van der Waals surface area contributed by atoms with Gasteiger partial charge in [-0.2, -0.15) is 0 Å². The molecule has 0 aliphatic carbocycles. The van der Waals surface area contributed by atoms with Crippen LogP contribution in [0, 0.1) is 0 Å². The molecule has 1 aromatic rings. The van der Waals surface area contributed by atoms with E-state index in [-0.39, 0.29) is 12.1 Å². The van der Waals surface area contributed by atoms with Crippen LogP contribution in [-0.4, -0.2) is 23.5 Å². The molecule has 2 nitrogen and oxygen atoms in total. The Balaban J connectivity index is 2.25. The molecule has 1 fully saturated rings. The SMILES string of the molecule is CC(N)C1CCCCN1C(C)c1cc(Cl)ccc1Cl. The van der Waals surface area contributed by atoms with Crippen molar-refractivity contribution in [3.8, 4) is 0 Å². The van der Waals surface area contributed by atoms with Crippen molar-refractivity contribution in [2.45, 2.75) is 51.2 Å². The highest BCUT2D eigenvalue weighted by molar-refractivity contribution is 6.33. The summed E-state index contributed by atoms with van der Waals surface area (Å²) in [6, 6.07) is 6.54. The third-order valence-corrected chi connectivity index (χ3v) is 4.68. The Hall–Kier alpha value is -0.280. The Morgan fingerprint density at radius 1 is 1.26 bits per heavy atom. The summed E-state index contributed by atoms with van der Waals surface area (Å²) >= 11 is 12.4. The lowest BCUT2D eigenvalue weighted by molar-refractivity contribution is 0.0890. The molecular formula is C15H22Cl2N2. The van der Waals surface area contributed by atoms with Crippen molar-refractivity contribution in [2.24, 2.45) is 5.73 Å². The lowest BCUT2D eigenvalue weighted by atomic mass is 9.93. The highest BCUT2D eigenvalue weighted by Crippen LogP contribution is 2.34. The van der Waals surface area contributed by atoms with Gasteiger partial charge in [-0.05, 0) is 57.0 Å². The average Bonchev–Trinajstić information content (AvgIpc) is 2.40. The summed E-state index contributed by atoms with van der Waals surface area (Å²) in [5.74, 6) is 0. The van der Waals surface area contributed by atoms with Crippen LogP contribution in [0.2, 0.25) is 10.0 Å². The van der Waals surface area contributed by atoms with Gasteiger partial charge in [0.05, 0.1) is 0 Å². The van der Waals surface area contributed by atoms with Crippen molar-refractivity contribution in [3.05, 3.63) is 33.8 Å². The van der Waals surface area contributed by atoms with Crippen LogP contribution in [0.25, 0.3) is 0 Å². The van der Waals surface area contributed by atoms with E-state index in [1.54, 1.807) is 0 Å². The summed E-state index contributed by atoms with van der Waals surface area (Å²) in [7, 11) is 0. The summed E-state index contributed by atoms with van der Waals surface area (Å²) in [6.07, 6.45) is 3.66. The Morgan fingerprint density at radius 3 is 2.68 bits per heavy atom. The molecule has 3 unspecified atom stereocenters. The second-order valence-corrected chi connectivity index (χ2v) is 6.35. The average molecular weight is 301 g/mol. The summed E-state index contributed by atoms with van der Waals surface area (Å²) in [5, 5.41) is 1.52. The van der Waals surface area contributed by atoms with Crippen LogP contribution >= 0.6 is 23.2 Å². The molecule has 2 rings (SSSR count). The van der Waals surface area contributed by atoms with Gasteiger partial charge in [0.2, 0.25) is 0 Å². The van der Waals surface area contributed by atoms with E-state index in [0.717, 1.165) is 22.2 Å². The van der Waals surface area contributed by atoms with Gasteiger partial charge in [0.1, 0.15) is 0 Å². The first-order valence-corrected chi connectivity index (χ1v) is 7.72. The first kappa shape index (κ1) is 15.1. The normalized spacial score (nSPS) is 24.2. The number of hydrogen-bond acceptors (Lipinski definition) is 2. The van der Waals surface area contributed by atoms with Crippen LogP contribution in [0.4, 0.5) is 0 Å². The number of nitrogens with zero attached hydrogens (tertiary/aromatic N) is 1. The van der Waals surface area contributed by atoms with E-state index < -0.39 is 0 Å². The molecule has 4 heteroatoms. The van der Waals surface area contributed by atoms with Crippen molar-refractivity contribution in [2.75, 3.05) is 6.54 Å². The Bertz CT molecular complexity index is 434. The highest BCUT2D eigenvalue weighted by Gasteiger charge is 2.30. The molecule has 19 heavy (non-hydrogen) atoms. The van der Waals surface area contributed by atoms with Gasteiger partial charge < -0.3 is 5.73 Å². The maximum absolute atomic E-state index is 6.32. The van der Waals surface area contributed by atoms with Crippen molar-refractivity contribution < 1.29 is 0 Å². The molecule has 106 valence electrons. The maximum Gasteiger partial charge on any atom is 0.0454 e. The fourth-order valence-electron chi connectivity index (χ4n) is 3.04. The Labute approximate surface area is 125 Å². The molecule has 3 atom stereocenters. The molecule has 0 aromatic heterocycles. The number of benzene rings is 1. The van der Waals surface area contributed by atoms with Gasteiger partial charge >= 0.3 is 0 Å². The summed E-state index contributed by atoms with van der Waals surface area (Å²) in [5.41, 5.74) is 7.24. The second kappa shape index (κ2) is 6.45. The predicted molar refractivity (Wildman–Crippen MR) is 82.9 cm³/mol. The largest absolute Gasteiger partial charge is 0.327 e.